The highest BCUT2D eigenvalue weighted by Crippen LogP contribution is 2.28. The maximum Gasteiger partial charge on any atom is 0.253 e. The highest BCUT2D eigenvalue weighted by atomic mass is 35.5. The summed E-state index contributed by atoms with van der Waals surface area (Å²) in [6.07, 6.45) is 1.81. The minimum Gasteiger partial charge on any atom is -0.495 e. The standard InChI is InChI=1S/C16H19ClN2O4/c1-3-15(20)18-11-5-7-14(23-9-11)16(21)19-12-8-10(17)4-6-13(12)22-2/h3-4,6,8,11,14H,1,5,7,9H2,2H3,(H,18,20)(H,19,21)/t11-,14+/m1/s1. The number of carbonyl (C=O) groups excluding carboxylic acids is 2. The summed E-state index contributed by atoms with van der Waals surface area (Å²) in [5.74, 6) is 0.0129. The Morgan fingerprint density at radius 3 is 2.83 bits per heavy atom. The summed E-state index contributed by atoms with van der Waals surface area (Å²) in [6.45, 7) is 3.68. The van der Waals surface area contributed by atoms with Crippen molar-refractivity contribution in [3.8, 4) is 5.75 Å². The molecule has 23 heavy (non-hydrogen) atoms. The van der Waals surface area contributed by atoms with E-state index in [-0.39, 0.29) is 24.5 Å². The topological polar surface area (TPSA) is 76.7 Å². The van der Waals surface area contributed by atoms with Crippen LogP contribution in [0.25, 0.3) is 0 Å². The molecule has 7 heteroatoms. The average Bonchev–Trinajstić information content (AvgIpc) is 2.55. The smallest absolute Gasteiger partial charge is 0.253 e. The van der Waals surface area contributed by atoms with Gasteiger partial charge in [-0.3, -0.25) is 9.59 Å². The normalized spacial score (nSPS) is 20.4. The van der Waals surface area contributed by atoms with Crippen LogP contribution in [0, 0.1) is 0 Å². The van der Waals surface area contributed by atoms with Crippen LogP contribution in [0.2, 0.25) is 5.02 Å². The molecular weight excluding hydrogens is 320 g/mol. The van der Waals surface area contributed by atoms with Gasteiger partial charge in [-0.2, -0.15) is 0 Å². The van der Waals surface area contributed by atoms with Gasteiger partial charge < -0.3 is 20.1 Å². The van der Waals surface area contributed by atoms with Crippen molar-refractivity contribution in [1.82, 2.24) is 5.32 Å². The predicted octanol–water partition coefficient (Wildman–Crippen LogP) is 2.14. The summed E-state index contributed by atoms with van der Waals surface area (Å²) in [5, 5.41) is 6.01. The van der Waals surface area contributed by atoms with Crippen molar-refractivity contribution in [2.45, 2.75) is 25.0 Å². The van der Waals surface area contributed by atoms with Crippen molar-refractivity contribution in [2.75, 3.05) is 19.0 Å². The Morgan fingerprint density at radius 1 is 1.43 bits per heavy atom. The molecule has 2 atom stereocenters. The summed E-state index contributed by atoms with van der Waals surface area (Å²) in [6, 6.07) is 4.87. The van der Waals surface area contributed by atoms with Gasteiger partial charge in [0.15, 0.2) is 0 Å². The van der Waals surface area contributed by atoms with E-state index >= 15 is 0 Å². The molecule has 6 nitrogen and oxygen atoms in total. The summed E-state index contributed by atoms with van der Waals surface area (Å²) in [4.78, 5) is 23.5. The number of nitrogens with one attached hydrogen (secondary N) is 2. The second-order valence-electron chi connectivity index (χ2n) is 5.14. The molecular formula is C16H19ClN2O4. The van der Waals surface area contributed by atoms with Crippen molar-refractivity contribution in [3.05, 3.63) is 35.9 Å². The van der Waals surface area contributed by atoms with Gasteiger partial charge >= 0.3 is 0 Å². The number of hydrogen-bond donors (Lipinski definition) is 2. The molecule has 1 aromatic carbocycles. The Kier molecular flexibility index (Phi) is 6.01. The van der Waals surface area contributed by atoms with Gasteiger partial charge in [-0.1, -0.05) is 18.2 Å². The number of anilines is 1. The number of hydrogen-bond acceptors (Lipinski definition) is 4. The molecule has 0 unspecified atom stereocenters. The minimum absolute atomic E-state index is 0.106. The Morgan fingerprint density at radius 2 is 2.22 bits per heavy atom. The van der Waals surface area contributed by atoms with Crippen molar-refractivity contribution < 1.29 is 19.1 Å². The first-order valence-electron chi connectivity index (χ1n) is 7.22. The Bertz CT molecular complexity index is 598. The van der Waals surface area contributed by atoms with E-state index in [0.29, 0.717) is 29.3 Å². The third-order valence-corrected chi connectivity index (χ3v) is 3.75. The van der Waals surface area contributed by atoms with Gasteiger partial charge in [0.25, 0.3) is 5.91 Å². The fourth-order valence-electron chi connectivity index (χ4n) is 2.32. The van der Waals surface area contributed by atoms with Gasteiger partial charge in [0, 0.05) is 5.02 Å². The van der Waals surface area contributed by atoms with Crippen LogP contribution in [0.3, 0.4) is 0 Å². The van der Waals surface area contributed by atoms with E-state index < -0.39 is 6.10 Å². The van der Waals surface area contributed by atoms with E-state index in [9.17, 15) is 9.59 Å². The highest BCUT2D eigenvalue weighted by molar-refractivity contribution is 6.31. The third-order valence-electron chi connectivity index (χ3n) is 3.52. The zero-order chi connectivity index (χ0) is 16.8. The van der Waals surface area contributed by atoms with Crippen molar-refractivity contribution >= 4 is 29.1 Å². The number of ether oxygens (including phenoxy) is 2. The molecule has 0 aromatic heterocycles. The number of carbonyl (C=O) groups is 2. The number of rotatable bonds is 5. The third kappa shape index (κ3) is 4.71. The summed E-state index contributed by atoms with van der Waals surface area (Å²) >= 11 is 5.94. The zero-order valence-electron chi connectivity index (χ0n) is 12.8. The number of benzene rings is 1. The van der Waals surface area contributed by atoms with E-state index in [4.69, 9.17) is 21.1 Å². The van der Waals surface area contributed by atoms with Crippen LogP contribution in [0.5, 0.6) is 5.75 Å². The van der Waals surface area contributed by atoms with E-state index in [2.05, 4.69) is 17.2 Å². The van der Waals surface area contributed by atoms with Gasteiger partial charge in [0.2, 0.25) is 5.91 Å². The Labute approximate surface area is 139 Å². The molecule has 0 saturated carbocycles. The molecule has 1 aliphatic heterocycles. The molecule has 2 amide bonds. The van der Waals surface area contributed by atoms with Crippen LogP contribution < -0.4 is 15.4 Å². The maximum atomic E-state index is 12.3. The van der Waals surface area contributed by atoms with Gasteiger partial charge in [0.05, 0.1) is 25.4 Å². The van der Waals surface area contributed by atoms with E-state index in [0.717, 1.165) is 0 Å². The molecule has 1 aliphatic rings. The number of methoxy groups -OCH3 is 1. The van der Waals surface area contributed by atoms with E-state index in [1.807, 2.05) is 0 Å². The molecule has 2 N–H and O–H groups in total. The molecule has 0 bridgehead atoms. The van der Waals surface area contributed by atoms with Gasteiger partial charge in [-0.05, 0) is 37.1 Å². The fourth-order valence-corrected chi connectivity index (χ4v) is 2.50. The second kappa shape index (κ2) is 7.99. The second-order valence-corrected chi connectivity index (χ2v) is 5.58. The average molecular weight is 339 g/mol. The van der Waals surface area contributed by atoms with Crippen LogP contribution in [0.15, 0.2) is 30.9 Å². The lowest BCUT2D eigenvalue weighted by molar-refractivity contribution is -0.131. The van der Waals surface area contributed by atoms with Crippen molar-refractivity contribution in [2.24, 2.45) is 0 Å². The molecule has 0 radical (unpaired) electrons. The molecule has 0 spiro atoms. The number of halogens is 1. The lowest BCUT2D eigenvalue weighted by atomic mass is 10.0. The summed E-state index contributed by atoms with van der Waals surface area (Å²) in [7, 11) is 1.52. The fraction of sp³-hybridized carbons (Fsp3) is 0.375. The van der Waals surface area contributed by atoms with Crippen LogP contribution in [0.1, 0.15) is 12.8 Å². The molecule has 1 aromatic rings. The van der Waals surface area contributed by atoms with Crippen LogP contribution in [0.4, 0.5) is 5.69 Å². The van der Waals surface area contributed by atoms with Crippen LogP contribution in [-0.4, -0.2) is 37.7 Å². The summed E-state index contributed by atoms with van der Waals surface area (Å²) < 4.78 is 10.7. The van der Waals surface area contributed by atoms with Crippen molar-refractivity contribution in [1.29, 1.82) is 0 Å². The van der Waals surface area contributed by atoms with Gasteiger partial charge in [0.1, 0.15) is 11.9 Å². The SMILES string of the molecule is C=CC(=O)N[C@@H]1CC[C@@H](C(=O)Nc2cc(Cl)ccc2OC)OC1. The first-order chi connectivity index (χ1) is 11.0. The molecule has 2 rings (SSSR count). The first-order valence-corrected chi connectivity index (χ1v) is 7.60. The lowest BCUT2D eigenvalue weighted by Crippen LogP contribution is -2.45. The first kappa shape index (κ1) is 17.3. The van der Waals surface area contributed by atoms with E-state index in [1.165, 1.54) is 13.2 Å². The molecule has 1 heterocycles. The van der Waals surface area contributed by atoms with E-state index in [1.54, 1.807) is 18.2 Å². The number of amides is 2. The molecule has 124 valence electrons. The zero-order valence-corrected chi connectivity index (χ0v) is 13.6. The van der Waals surface area contributed by atoms with Crippen LogP contribution in [-0.2, 0) is 14.3 Å². The Hall–Kier alpha value is -2.05. The highest BCUT2D eigenvalue weighted by Gasteiger charge is 2.28. The Balaban J connectivity index is 1.92. The van der Waals surface area contributed by atoms with Crippen molar-refractivity contribution in [3.63, 3.8) is 0 Å². The van der Waals surface area contributed by atoms with Crippen LogP contribution >= 0.6 is 11.6 Å². The monoisotopic (exact) mass is 338 g/mol. The minimum atomic E-state index is -0.574. The quantitative estimate of drug-likeness (QED) is 0.806. The summed E-state index contributed by atoms with van der Waals surface area (Å²) in [5.41, 5.74) is 0.496. The maximum absolute atomic E-state index is 12.3. The largest absolute Gasteiger partial charge is 0.495 e. The molecule has 1 fully saturated rings. The van der Waals surface area contributed by atoms with Gasteiger partial charge in [-0.15, -0.1) is 0 Å². The lowest BCUT2D eigenvalue weighted by Gasteiger charge is -2.28. The predicted molar refractivity (Wildman–Crippen MR) is 87.7 cm³/mol. The van der Waals surface area contributed by atoms with Gasteiger partial charge in [-0.25, -0.2) is 0 Å². The molecule has 1 saturated heterocycles. The molecule has 0 aliphatic carbocycles.